The van der Waals surface area contributed by atoms with E-state index < -0.39 is 5.60 Å². The number of amides is 1. The van der Waals surface area contributed by atoms with Crippen molar-refractivity contribution < 1.29 is 9.90 Å². The molecule has 0 aromatic rings. The van der Waals surface area contributed by atoms with E-state index in [0.29, 0.717) is 0 Å². The van der Waals surface area contributed by atoms with Crippen LogP contribution in [-0.2, 0) is 4.79 Å². The van der Waals surface area contributed by atoms with Gasteiger partial charge in [-0.15, -0.1) is 0 Å². The molecule has 0 unspecified atom stereocenters. The second-order valence-electron chi connectivity index (χ2n) is 4.28. The first-order chi connectivity index (χ1) is 5.75. The number of aliphatic hydroxyl groups is 1. The lowest BCUT2D eigenvalue weighted by Gasteiger charge is -2.31. The lowest BCUT2D eigenvalue weighted by Crippen LogP contribution is -2.52. The van der Waals surface area contributed by atoms with Crippen LogP contribution in [0.3, 0.4) is 0 Å². The first-order valence-corrected chi connectivity index (χ1v) is 4.80. The fourth-order valence-electron chi connectivity index (χ4n) is 0.854. The molecule has 0 aliphatic rings. The van der Waals surface area contributed by atoms with Gasteiger partial charge in [-0.2, -0.15) is 0 Å². The smallest absolute Gasteiger partial charge is 0.251 e. The van der Waals surface area contributed by atoms with Crippen molar-refractivity contribution >= 4 is 5.91 Å². The van der Waals surface area contributed by atoms with Crippen molar-refractivity contribution in [3.8, 4) is 0 Å². The molecule has 3 heteroatoms. The van der Waals surface area contributed by atoms with E-state index in [0.717, 1.165) is 12.8 Å². The highest BCUT2D eigenvalue weighted by Crippen LogP contribution is 2.15. The lowest BCUT2D eigenvalue weighted by molar-refractivity contribution is -0.138. The summed E-state index contributed by atoms with van der Waals surface area (Å²) in [6.07, 6.45) is 1.73. The van der Waals surface area contributed by atoms with Crippen molar-refractivity contribution in [2.45, 2.75) is 58.6 Å². The molecule has 0 aliphatic heterocycles. The van der Waals surface area contributed by atoms with Gasteiger partial charge in [0.25, 0.3) is 5.91 Å². The topological polar surface area (TPSA) is 49.3 Å². The summed E-state index contributed by atoms with van der Waals surface area (Å²) in [6, 6.07) is 0. The van der Waals surface area contributed by atoms with Crippen molar-refractivity contribution in [3.05, 3.63) is 0 Å². The Labute approximate surface area is 80.5 Å². The van der Waals surface area contributed by atoms with Gasteiger partial charge < -0.3 is 10.4 Å². The monoisotopic (exact) mass is 187 g/mol. The molecule has 0 heterocycles. The molecule has 0 saturated carbocycles. The molecule has 2 N–H and O–H groups in total. The van der Waals surface area contributed by atoms with Crippen LogP contribution in [0, 0.1) is 0 Å². The highest BCUT2D eigenvalue weighted by molar-refractivity contribution is 5.84. The van der Waals surface area contributed by atoms with E-state index in [2.05, 4.69) is 5.32 Å². The molecule has 3 nitrogen and oxygen atoms in total. The van der Waals surface area contributed by atoms with Crippen molar-refractivity contribution in [2.24, 2.45) is 0 Å². The zero-order chi connectivity index (χ0) is 10.7. The summed E-state index contributed by atoms with van der Waals surface area (Å²) in [6.45, 7) is 9.01. The maximum atomic E-state index is 11.4. The fraction of sp³-hybridized carbons (Fsp3) is 0.900. The minimum atomic E-state index is -1.29. The number of carbonyl (C=O) groups excluding carboxylic acids is 1. The summed E-state index contributed by atoms with van der Waals surface area (Å²) in [5.74, 6) is -0.307. The molecule has 1 amide bonds. The minimum absolute atomic E-state index is 0.197. The number of carbonyl (C=O) groups is 1. The van der Waals surface area contributed by atoms with E-state index in [9.17, 15) is 9.90 Å². The zero-order valence-corrected chi connectivity index (χ0v) is 9.27. The van der Waals surface area contributed by atoms with Crippen molar-refractivity contribution in [1.29, 1.82) is 0 Å². The Morgan fingerprint density at radius 3 is 1.85 bits per heavy atom. The van der Waals surface area contributed by atoms with Gasteiger partial charge in [0.1, 0.15) is 5.60 Å². The predicted molar refractivity (Wildman–Crippen MR) is 53.4 cm³/mol. The van der Waals surface area contributed by atoms with Crippen molar-refractivity contribution in [1.82, 2.24) is 5.32 Å². The van der Waals surface area contributed by atoms with Crippen molar-refractivity contribution in [3.63, 3.8) is 0 Å². The van der Waals surface area contributed by atoms with Gasteiger partial charge in [0.2, 0.25) is 0 Å². The normalized spacial score (nSPS) is 12.8. The molecule has 0 radical (unpaired) electrons. The van der Waals surface area contributed by atoms with E-state index in [1.165, 1.54) is 13.8 Å². The Hall–Kier alpha value is -0.570. The molecule has 0 rings (SSSR count). The number of rotatable bonds is 4. The van der Waals surface area contributed by atoms with Crippen LogP contribution in [0.1, 0.15) is 47.5 Å². The molecular formula is C10H21NO2. The Balaban J connectivity index is 4.35. The van der Waals surface area contributed by atoms with Crippen molar-refractivity contribution in [2.75, 3.05) is 0 Å². The fourth-order valence-corrected chi connectivity index (χ4v) is 0.854. The van der Waals surface area contributed by atoms with Crippen LogP contribution >= 0.6 is 0 Å². The van der Waals surface area contributed by atoms with Crippen LogP contribution in [0.2, 0.25) is 0 Å². The lowest BCUT2D eigenvalue weighted by atomic mass is 9.94. The van der Waals surface area contributed by atoms with Gasteiger partial charge in [0.15, 0.2) is 0 Å². The third-order valence-electron chi connectivity index (χ3n) is 2.53. The molecule has 0 spiro atoms. The summed E-state index contributed by atoms with van der Waals surface area (Å²) in [5, 5.41) is 12.3. The van der Waals surface area contributed by atoms with Gasteiger partial charge >= 0.3 is 0 Å². The van der Waals surface area contributed by atoms with Crippen LogP contribution in [0.15, 0.2) is 0 Å². The minimum Gasteiger partial charge on any atom is -0.381 e. The standard InChI is InChI=1S/C10H21NO2/c1-6-10(5,7-2)11-8(12)9(3,4)13/h13H,6-7H2,1-5H3,(H,11,12). The van der Waals surface area contributed by atoms with Crippen LogP contribution in [-0.4, -0.2) is 22.2 Å². The van der Waals surface area contributed by atoms with Crippen LogP contribution in [0.4, 0.5) is 0 Å². The summed E-state index contributed by atoms with van der Waals surface area (Å²) in [7, 11) is 0. The maximum Gasteiger partial charge on any atom is 0.251 e. The first kappa shape index (κ1) is 12.4. The molecule has 13 heavy (non-hydrogen) atoms. The summed E-state index contributed by atoms with van der Waals surface area (Å²) in [4.78, 5) is 11.4. The molecule has 0 aromatic heterocycles. The Morgan fingerprint density at radius 2 is 1.62 bits per heavy atom. The molecule has 0 fully saturated rings. The van der Waals surface area contributed by atoms with Gasteiger partial charge in [-0.3, -0.25) is 4.79 Å². The van der Waals surface area contributed by atoms with Gasteiger partial charge in [0.05, 0.1) is 0 Å². The van der Waals surface area contributed by atoms with Gasteiger partial charge in [-0.05, 0) is 33.6 Å². The highest BCUT2D eigenvalue weighted by Gasteiger charge is 2.30. The van der Waals surface area contributed by atoms with Gasteiger partial charge in [-0.1, -0.05) is 13.8 Å². The molecule has 0 saturated heterocycles. The molecule has 0 bridgehead atoms. The maximum absolute atomic E-state index is 11.4. The van der Waals surface area contributed by atoms with E-state index >= 15 is 0 Å². The molecule has 0 atom stereocenters. The van der Waals surface area contributed by atoms with E-state index in [1.54, 1.807) is 0 Å². The predicted octanol–water partition coefficient (Wildman–Crippen LogP) is 1.45. The summed E-state index contributed by atoms with van der Waals surface area (Å²) < 4.78 is 0. The van der Waals surface area contributed by atoms with Crippen LogP contribution < -0.4 is 5.32 Å². The van der Waals surface area contributed by atoms with Gasteiger partial charge in [-0.25, -0.2) is 0 Å². The Bertz CT molecular complexity index is 178. The van der Waals surface area contributed by atoms with E-state index in [4.69, 9.17) is 0 Å². The molecule has 0 aliphatic carbocycles. The Morgan fingerprint density at radius 1 is 1.23 bits per heavy atom. The summed E-state index contributed by atoms with van der Waals surface area (Å²) in [5.41, 5.74) is -1.48. The molecular weight excluding hydrogens is 166 g/mol. The van der Waals surface area contributed by atoms with Crippen LogP contribution in [0.5, 0.6) is 0 Å². The second-order valence-corrected chi connectivity index (χ2v) is 4.28. The third-order valence-corrected chi connectivity index (χ3v) is 2.53. The zero-order valence-electron chi connectivity index (χ0n) is 9.27. The van der Waals surface area contributed by atoms with Gasteiger partial charge in [0, 0.05) is 5.54 Å². The average molecular weight is 187 g/mol. The number of hydrogen-bond donors (Lipinski definition) is 2. The average Bonchev–Trinajstić information content (AvgIpc) is 2.02. The number of hydrogen-bond acceptors (Lipinski definition) is 2. The summed E-state index contributed by atoms with van der Waals surface area (Å²) >= 11 is 0. The van der Waals surface area contributed by atoms with E-state index in [-0.39, 0.29) is 11.4 Å². The first-order valence-electron chi connectivity index (χ1n) is 4.80. The number of nitrogens with one attached hydrogen (secondary N) is 1. The van der Waals surface area contributed by atoms with E-state index in [1.807, 2.05) is 20.8 Å². The molecule has 0 aromatic carbocycles. The second kappa shape index (κ2) is 4.09. The quantitative estimate of drug-likeness (QED) is 0.700. The third kappa shape index (κ3) is 3.77. The highest BCUT2D eigenvalue weighted by atomic mass is 16.3. The SMILES string of the molecule is CCC(C)(CC)NC(=O)C(C)(C)O. The van der Waals surface area contributed by atoms with Crippen LogP contribution in [0.25, 0.3) is 0 Å². The molecule has 78 valence electrons. The Kier molecular flexibility index (Phi) is 3.91. The largest absolute Gasteiger partial charge is 0.381 e.